The molecule has 2 amide bonds. The number of amides is 2. The Morgan fingerprint density at radius 3 is 2.37 bits per heavy atom. The molecule has 3 aliphatic rings. The van der Waals surface area contributed by atoms with Gasteiger partial charge in [-0.3, -0.25) is 19.5 Å². The van der Waals surface area contributed by atoms with Crippen LogP contribution >= 0.6 is 0 Å². The van der Waals surface area contributed by atoms with Gasteiger partial charge in [0.25, 0.3) is 0 Å². The molecule has 3 aliphatic heterocycles. The third-order valence-electron chi connectivity index (χ3n) is 8.18. The van der Waals surface area contributed by atoms with E-state index < -0.39 is 5.91 Å². The van der Waals surface area contributed by atoms with Crippen molar-refractivity contribution in [1.29, 1.82) is 0 Å². The quantitative estimate of drug-likeness (QED) is 0.446. The van der Waals surface area contributed by atoms with Crippen LogP contribution in [-0.2, 0) is 24.3 Å². The Labute approximate surface area is 239 Å². The van der Waals surface area contributed by atoms with Crippen LogP contribution in [0.25, 0.3) is 0 Å². The van der Waals surface area contributed by atoms with Crippen LogP contribution in [0.1, 0.15) is 27.2 Å². The number of carbonyl (C=O) groups excluding carboxylic acids is 2. The van der Waals surface area contributed by atoms with Gasteiger partial charge in [0, 0.05) is 76.9 Å². The summed E-state index contributed by atoms with van der Waals surface area (Å²) in [5.74, 6) is 1.56. The zero-order chi connectivity index (χ0) is 28.5. The second-order valence-electron chi connectivity index (χ2n) is 11.0. The van der Waals surface area contributed by atoms with E-state index in [0.29, 0.717) is 37.7 Å². The maximum absolute atomic E-state index is 13.2. The molecule has 0 spiro atoms. The van der Waals surface area contributed by atoms with Gasteiger partial charge in [0.1, 0.15) is 11.6 Å². The van der Waals surface area contributed by atoms with Gasteiger partial charge in [-0.1, -0.05) is 6.07 Å². The van der Waals surface area contributed by atoms with E-state index in [4.69, 9.17) is 11.5 Å². The van der Waals surface area contributed by atoms with Crippen LogP contribution in [0.15, 0.2) is 42.6 Å². The molecular weight excluding hydrogens is 520 g/mol. The maximum atomic E-state index is 13.2. The maximum Gasteiger partial charge on any atom is 0.250 e. The molecule has 0 bridgehead atoms. The smallest absolute Gasteiger partial charge is 0.250 e. The van der Waals surface area contributed by atoms with E-state index >= 15 is 0 Å². The summed E-state index contributed by atoms with van der Waals surface area (Å²) in [6, 6.07) is 11.9. The van der Waals surface area contributed by atoms with Gasteiger partial charge in [0.2, 0.25) is 17.8 Å². The van der Waals surface area contributed by atoms with Crippen LogP contribution in [0, 0.1) is 0 Å². The number of nitrogens with zero attached hydrogens (tertiary/aromatic N) is 8. The first-order chi connectivity index (χ1) is 19.8. The number of rotatable bonds is 6. The minimum atomic E-state index is -0.502. The lowest BCUT2D eigenvalue weighted by Crippen LogP contribution is -2.50. The van der Waals surface area contributed by atoms with Crippen LogP contribution < -0.4 is 26.2 Å². The largest absolute Gasteiger partial charge is 0.368 e. The molecule has 2 saturated heterocycles. The number of carbonyl (C=O) groups is 2. The zero-order valence-electron chi connectivity index (χ0n) is 23.4. The average Bonchev–Trinajstić information content (AvgIpc) is 2.97. The summed E-state index contributed by atoms with van der Waals surface area (Å²) >= 11 is 0. The molecule has 12 heteroatoms. The van der Waals surface area contributed by atoms with E-state index in [9.17, 15) is 9.59 Å². The minimum Gasteiger partial charge on any atom is -0.368 e. The average molecular weight is 557 g/mol. The molecule has 0 unspecified atom stereocenters. The van der Waals surface area contributed by atoms with E-state index in [-0.39, 0.29) is 5.91 Å². The van der Waals surface area contributed by atoms with E-state index in [0.717, 1.165) is 68.7 Å². The predicted molar refractivity (Wildman–Crippen MR) is 158 cm³/mol. The molecule has 41 heavy (non-hydrogen) atoms. The Kier molecular flexibility index (Phi) is 7.41. The van der Waals surface area contributed by atoms with Crippen molar-refractivity contribution >= 4 is 35.1 Å². The second-order valence-corrected chi connectivity index (χ2v) is 11.0. The molecular formula is C29H36N10O2. The number of piperazine rings is 2. The zero-order valence-corrected chi connectivity index (χ0v) is 23.4. The first-order valence-corrected chi connectivity index (χ1v) is 14.0. The van der Waals surface area contributed by atoms with Crippen molar-refractivity contribution in [3.63, 3.8) is 0 Å². The van der Waals surface area contributed by atoms with Crippen molar-refractivity contribution in [1.82, 2.24) is 24.8 Å². The fourth-order valence-corrected chi connectivity index (χ4v) is 5.73. The van der Waals surface area contributed by atoms with E-state index in [2.05, 4.69) is 65.9 Å². The highest BCUT2D eigenvalue weighted by Crippen LogP contribution is 2.30. The lowest BCUT2D eigenvalue weighted by molar-refractivity contribution is -0.121. The Morgan fingerprint density at radius 1 is 0.878 bits per heavy atom. The summed E-state index contributed by atoms with van der Waals surface area (Å²) in [7, 11) is 2.13. The Hall–Kier alpha value is -4.29. The highest BCUT2D eigenvalue weighted by Gasteiger charge is 2.27. The van der Waals surface area contributed by atoms with Crippen LogP contribution in [-0.4, -0.2) is 96.0 Å². The van der Waals surface area contributed by atoms with Crippen LogP contribution in [0.2, 0.25) is 0 Å². The van der Waals surface area contributed by atoms with Crippen molar-refractivity contribution in [2.24, 2.45) is 5.73 Å². The van der Waals surface area contributed by atoms with Crippen molar-refractivity contribution in [2.45, 2.75) is 19.5 Å². The van der Waals surface area contributed by atoms with E-state index in [1.165, 1.54) is 17.3 Å². The summed E-state index contributed by atoms with van der Waals surface area (Å²) in [5.41, 5.74) is 16.0. The van der Waals surface area contributed by atoms with Gasteiger partial charge in [-0.05, 0) is 48.9 Å². The van der Waals surface area contributed by atoms with E-state index in [1.54, 1.807) is 12.1 Å². The molecule has 214 valence electrons. The minimum absolute atomic E-state index is 0.0537. The van der Waals surface area contributed by atoms with E-state index in [1.807, 2.05) is 4.90 Å². The molecule has 12 nitrogen and oxygen atoms in total. The number of hydrogen-bond acceptors (Lipinski definition) is 10. The highest BCUT2D eigenvalue weighted by molar-refractivity contribution is 5.95. The molecule has 0 radical (unpaired) electrons. The Morgan fingerprint density at radius 2 is 1.66 bits per heavy atom. The number of benzene rings is 1. The summed E-state index contributed by atoms with van der Waals surface area (Å²) in [6.07, 6.45) is 2.38. The second kappa shape index (κ2) is 11.3. The monoisotopic (exact) mass is 556 g/mol. The first kappa shape index (κ1) is 26.9. The van der Waals surface area contributed by atoms with Crippen LogP contribution in [0.5, 0.6) is 0 Å². The summed E-state index contributed by atoms with van der Waals surface area (Å²) < 4.78 is 0. The highest BCUT2D eigenvalue weighted by atomic mass is 16.2. The third kappa shape index (κ3) is 5.93. The number of nitrogen functional groups attached to an aromatic ring is 1. The molecule has 1 aromatic carbocycles. The molecule has 4 N–H and O–H groups in total. The molecule has 0 atom stereocenters. The topological polar surface area (TPSA) is 141 Å². The standard InChI is InChI=1S/C29H36N10O2/c1-35-8-11-37(12-9-35)25-15-26(34-29(31)33-25)38-7-6-20-3-5-24(14-22(20)17-38)39-13-10-36(19-27(39)40)18-23-4-2-21(16-32-23)28(30)41/h2-5,14-16H,6-13,17-19H2,1H3,(H2,30,41)(H2,31,33,34). The SMILES string of the molecule is CN1CCN(c2cc(N3CCc4ccc(N5CCN(Cc6ccc(C(N)=O)cn6)CC5=O)cc4C3)nc(N)n2)CC1. The number of hydrogen-bond donors (Lipinski definition) is 2. The number of aromatic nitrogens is 3. The number of pyridine rings is 1. The summed E-state index contributed by atoms with van der Waals surface area (Å²) in [5, 5.41) is 0. The van der Waals surface area contributed by atoms with Gasteiger partial charge >= 0.3 is 0 Å². The molecule has 2 fully saturated rings. The molecule has 5 heterocycles. The van der Waals surface area contributed by atoms with Gasteiger partial charge in [-0.25, -0.2) is 0 Å². The molecule has 0 aliphatic carbocycles. The number of fused-ring (bicyclic) bond motifs is 1. The van der Waals surface area contributed by atoms with Gasteiger partial charge < -0.3 is 31.1 Å². The van der Waals surface area contributed by atoms with Gasteiger partial charge in [0.15, 0.2) is 0 Å². The lowest BCUT2D eigenvalue weighted by Gasteiger charge is -2.36. The van der Waals surface area contributed by atoms with Crippen LogP contribution in [0.3, 0.4) is 0 Å². The van der Waals surface area contributed by atoms with Gasteiger partial charge in [-0.2, -0.15) is 9.97 Å². The number of nitrogens with two attached hydrogens (primary N) is 2. The Bertz CT molecular complexity index is 1440. The van der Waals surface area contributed by atoms with Crippen molar-refractivity contribution in [3.05, 3.63) is 65.0 Å². The number of primary amides is 1. The first-order valence-electron chi connectivity index (χ1n) is 14.0. The Balaban J connectivity index is 1.12. The number of likely N-dealkylation sites (N-methyl/N-ethyl adjacent to an activating group) is 1. The molecule has 3 aromatic rings. The molecule has 6 rings (SSSR count). The third-order valence-corrected chi connectivity index (χ3v) is 8.18. The molecule has 0 saturated carbocycles. The van der Waals surface area contributed by atoms with Gasteiger partial charge in [-0.15, -0.1) is 0 Å². The fraction of sp³-hybridized carbons (Fsp3) is 0.414. The van der Waals surface area contributed by atoms with Crippen molar-refractivity contribution < 1.29 is 9.59 Å². The van der Waals surface area contributed by atoms with Gasteiger partial charge in [0.05, 0.1) is 17.8 Å². The molecule has 2 aromatic heterocycles. The lowest BCUT2D eigenvalue weighted by atomic mass is 9.98. The normalized spacial score (nSPS) is 18.5. The van der Waals surface area contributed by atoms with Crippen LogP contribution in [0.4, 0.5) is 23.3 Å². The summed E-state index contributed by atoms with van der Waals surface area (Å²) in [6.45, 7) is 7.52. The summed E-state index contributed by atoms with van der Waals surface area (Å²) in [4.78, 5) is 48.7. The fourth-order valence-electron chi connectivity index (χ4n) is 5.73. The predicted octanol–water partition coefficient (Wildman–Crippen LogP) is 0.716. The van der Waals surface area contributed by atoms with Crippen molar-refractivity contribution in [2.75, 3.05) is 79.8 Å². The van der Waals surface area contributed by atoms with Crippen molar-refractivity contribution in [3.8, 4) is 0 Å². The number of anilines is 4.